The Labute approximate surface area is 163 Å². The molecular formula is C18H18F3N3O3S. The van der Waals surface area contributed by atoms with Gasteiger partial charge in [0, 0.05) is 23.8 Å². The van der Waals surface area contributed by atoms with Crippen LogP contribution in [0.25, 0.3) is 11.3 Å². The summed E-state index contributed by atoms with van der Waals surface area (Å²) in [7, 11) is 0. The number of amides is 1. The maximum Gasteiger partial charge on any atom is 0.433 e. The summed E-state index contributed by atoms with van der Waals surface area (Å²) in [6, 6.07) is 5.71. The number of aromatic nitrogens is 2. The molecule has 1 aromatic carbocycles. The molecule has 28 heavy (non-hydrogen) atoms. The van der Waals surface area contributed by atoms with Gasteiger partial charge in [0.15, 0.2) is 16.7 Å². The molecule has 150 valence electrons. The predicted molar refractivity (Wildman–Crippen MR) is 97.2 cm³/mol. The third-order valence-electron chi connectivity index (χ3n) is 3.67. The topological polar surface area (TPSA) is 73.3 Å². The number of benzene rings is 1. The first-order valence-corrected chi connectivity index (χ1v) is 9.49. The summed E-state index contributed by atoms with van der Waals surface area (Å²) in [5.74, 6) is 1.06. The van der Waals surface area contributed by atoms with E-state index in [1.54, 1.807) is 18.2 Å². The fraction of sp³-hybridized carbons (Fsp3) is 0.389. The van der Waals surface area contributed by atoms with E-state index in [2.05, 4.69) is 15.3 Å². The highest BCUT2D eigenvalue weighted by molar-refractivity contribution is 7.99. The molecule has 1 aliphatic rings. The molecule has 2 aromatic rings. The van der Waals surface area contributed by atoms with Gasteiger partial charge in [-0.05, 0) is 38.1 Å². The van der Waals surface area contributed by atoms with Gasteiger partial charge in [-0.15, -0.1) is 0 Å². The molecule has 1 amide bonds. The average Bonchev–Trinajstić information content (AvgIpc) is 3.07. The van der Waals surface area contributed by atoms with Crippen LogP contribution in [-0.4, -0.2) is 34.5 Å². The number of hydrogen-bond donors (Lipinski definition) is 1. The van der Waals surface area contributed by atoms with Crippen LogP contribution < -0.4 is 14.8 Å². The largest absolute Gasteiger partial charge is 0.454 e. The van der Waals surface area contributed by atoms with Crippen molar-refractivity contribution in [2.75, 3.05) is 12.5 Å². The van der Waals surface area contributed by atoms with Crippen LogP contribution >= 0.6 is 11.8 Å². The number of halogens is 3. The van der Waals surface area contributed by atoms with Crippen LogP contribution in [0.4, 0.5) is 13.2 Å². The summed E-state index contributed by atoms with van der Waals surface area (Å²) >= 11 is 1.00. The van der Waals surface area contributed by atoms with Crippen LogP contribution in [-0.2, 0) is 11.0 Å². The van der Waals surface area contributed by atoms with Crippen molar-refractivity contribution in [2.24, 2.45) is 0 Å². The van der Waals surface area contributed by atoms with E-state index < -0.39 is 11.9 Å². The minimum atomic E-state index is -4.61. The van der Waals surface area contributed by atoms with Crippen molar-refractivity contribution in [1.82, 2.24) is 15.3 Å². The third kappa shape index (κ3) is 5.06. The Balaban J connectivity index is 1.82. The number of ether oxygens (including phenoxy) is 2. The van der Waals surface area contributed by atoms with Gasteiger partial charge < -0.3 is 14.8 Å². The fourth-order valence-corrected chi connectivity index (χ4v) is 3.26. The average molecular weight is 413 g/mol. The summed E-state index contributed by atoms with van der Waals surface area (Å²) in [5, 5.41) is 2.69. The number of nitrogens with one attached hydrogen (secondary N) is 1. The molecule has 0 radical (unpaired) electrons. The molecule has 0 saturated carbocycles. The highest BCUT2D eigenvalue weighted by Crippen LogP contribution is 2.37. The lowest BCUT2D eigenvalue weighted by molar-refractivity contribution is -0.141. The van der Waals surface area contributed by atoms with Crippen molar-refractivity contribution >= 4 is 17.7 Å². The van der Waals surface area contributed by atoms with Crippen molar-refractivity contribution in [3.8, 4) is 22.8 Å². The highest BCUT2D eigenvalue weighted by atomic mass is 32.2. The van der Waals surface area contributed by atoms with Gasteiger partial charge in [0.05, 0.1) is 5.69 Å². The van der Waals surface area contributed by atoms with Gasteiger partial charge in [0.25, 0.3) is 0 Å². The Morgan fingerprint density at radius 2 is 1.96 bits per heavy atom. The summed E-state index contributed by atoms with van der Waals surface area (Å²) in [6.07, 6.45) is -4.46. The number of alkyl halides is 3. The van der Waals surface area contributed by atoms with Gasteiger partial charge in [-0.3, -0.25) is 4.79 Å². The summed E-state index contributed by atoms with van der Waals surface area (Å²) in [6.45, 7) is 3.73. The second-order valence-electron chi connectivity index (χ2n) is 6.31. The highest BCUT2D eigenvalue weighted by Gasteiger charge is 2.34. The molecule has 0 atom stereocenters. The van der Waals surface area contributed by atoms with Crippen LogP contribution in [0.15, 0.2) is 29.4 Å². The standard InChI is InChI=1S/C18H18F3N3O3S/c1-10(2)22-16(25)5-6-28-17-23-12(8-15(24-17)18(19,20)21)11-3-4-13-14(7-11)27-9-26-13/h3-4,7-8,10H,5-6,9H2,1-2H3,(H,22,25). The Kier molecular flexibility index (Phi) is 5.97. The summed E-state index contributed by atoms with van der Waals surface area (Å²) < 4.78 is 50.3. The van der Waals surface area contributed by atoms with Crippen molar-refractivity contribution < 1.29 is 27.4 Å². The second-order valence-corrected chi connectivity index (χ2v) is 7.37. The van der Waals surface area contributed by atoms with E-state index in [0.717, 1.165) is 17.8 Å². The Morgan fingerprint density at radius 3 is 2.68 bits per heavy atom. The number of carbonyl (C=O) groups excluding carboxylic acids is 1. The number of hydrogen-bond acceptors (Lipinski definition) is 6. The van der Waals surface area contributed by atoms with Crippen molar-refractivity contribution in [3.05, 3.63) is 30.0 Å². The van der Waals surface area contributed by atoms with Gasteiger partial charge in [-0.25, -0.2) is 9.97 Å². The summed E-state index contributed by atoms with van der Waals surface area (Å²) in [5.41, 5.74) is -0.462. The van der Waals surface area contributed by atoms with Crippen molar-refractivity contribution in [3.63, 3.8) is 0 Å². The number of fused-ring (bicyclic) bond motifs is 1. The summed E-state index contributed by atoms with van der Waals surface area (Å²) in [4.78, 5) is 19.5. The van der Waals surface area contributed by atoms with E-state index in [9.17, 15) is 18.0 Å². The minimum absolute atomic E-state index is 0.0000764. The molecule has 3 rings (SSSR count). The quantitative estimate of drug-likeness (QED) is 0.572. The van der Waals surface area contributed by atoms with Crippen molar-refractivity contribution in [1.29, 1.82) is 0 Å². The fourth-order valence-electron chi connectivity index (χ4n) is 2.47. The van der Waals surface area contributed by atoms with E-state index in [1.807, 2.05) is 13.8 Å². The first-order chi connectivity index (χ1) is 13.2. The Bertz CT molecular complexity index is 875. The zero-order valence-corrected chi connectivity index (χ0v) is 16.0. The van der Waals surface area contributed by atoms with Gasteiger partial charge >= 0.3 is 6.18 Å². The molecule has 1 N–H and O–H groups in total. The molecule has 0 aliphatic carbocycles. The Hall–Kier alpha value is -2.49. The molecule has 1 aliphatic heterocycles. The zero-order chi connectivity index (χ0) is 20.3. The van der Waals surface area contributed by atoms with E-state index in [4.69, 9.17) is 9.47 Å². The molecular weight excluding hydrogens is 395 g/mol. The molecule has 0 saturated heterocycles. The molecule has 6 nitrogen and oxygen atoms in total. The predicted octanol–water partition coefficient (Wildman–Crippen LogP) is 3.90. The number of carbonyl (C=O) groups is 1. The molecule has 0 bridgehead atoms. The third-order valence-corrected chi connectivity index (χ3v) is 4.52. The number of nitrogens with zero attached hydrogens (tertiary/aromatic N) is 2. The maximum atomic E-state index is 13.3. The first kappa shape index (κ1) is 20.2. The van der Waals surface area contributed by atoms with E-state index in [1.165, 1.54) is 0 Å². The number of rotatable bonds is 6. The molecule has 0 fully saturated rings. The van der Waals surface area contributed by atoms with Crippen LogP contribution in [0, 0.1) is 0 Å². The molecule has 1 aromatic heterocycles. The van der Waals surface area contributed by atoms with Crippen LogP contribution in [0.3, 0.4) is 0 Å². The zero-order valence-electron chi connectivity index (χ0n) is 15.2. The molecule has 2 heterocycles. The van der Waals surface area contributed by atoms with E-state index in [0.29, 0.717) is 17.1 Å². The van der Waals surface area contributed by atoms with Gasteiger partial charge in [0.2, 0.25) is 12.7 Å². The molecule has 0 unspecified atom stereocenters. The smallest absolute Gasteiger partial charge is 0.433 e. The SMILES string of the molecule is CC(C)NC(=O)CCSc1nc(-c2ccc3c(c2)OCO3)cc(C(F)(F)F)n1. The lowest BCUT2D eigenvalue weighted by Crippen LogP contribution is -2.30. The van der Waals surface area contributed by atoms with Crippen LogP contribution in [0.1, 0.15) is 26.0 Å². The Morgan fingerprint density at radius 1 is 1.21 bits per heavy atom. The first-order valence-electron chi connectivity index (χ1n) is 8.51. The monoisotopic (exact) mass is 413 g/mol. The lowest BCUT2D eigenvalue weighted by atomic mass is 10.1. The van der Waals surface area contributed by atoms with Gasteiger partial charge in [0.1, 0.15) is 5.69 Å². The molecule has 10 heteroatoms. The normalized spacial score (nSPS) is 13.1. The van der Waals surface area contributed by atoms with Gasteiger partial charge in [-0.1, -0.05) is 11.8 Å². The minimum Gasteiger partial charge on any atom is -0.454 e. The molecule has 0 spiro atoms. The van der Waals surface area contributed by atoms with Gasteiger partial charge in [-0.2, -0.15) is 13.2 Å². The van der Waals surface area contributed by atoms with Crippen molar-refractivity contribution in [2.45, 2.75) is 37.6 Å². The van der Waals surface area contributed by atoms with E-state index in [-0.39, 0.29) is 41.8 Å². The lowest BCUT2D eigenvalue weighted by Gasteiger charge is -2.11. The number of thioether (sulfide) groups is 1. The van der Waals surface area contributed by atoms with Crippen LogP contribution in [0.2, 0.25) is 0 Å². The maximum absolute atomic E-state index is 13.3. The van der Waals surface area contributed by atoms with Crippen LogP contribution in [0.5, 0.6) is 11.5 Å². The van der Waals surface area contributed by atoms with E-state index >= 15 is 0 Å². The second kappa shape index (κ2) is 8.26.